The van der Waals surface area contributed by atoms with E-state index >= 15 is 0 Å². The summed E-state index contributed by atoms with van der Waals surface area (Å²) in [5.41, 5.74) is 0. The highest BCUT2D eigenvalue weighted by atomic mass is 15.2. The number of piperidine rings is 2. The predicted molar refractivity (Wildman–Crippen MR) is 60.5 cm³/mol. The first-order valence-electron chi connectivity index (χ1n) is 6.24. The molecule has 0 amide bonds. The SMILES string of the molecule is CC1CNCC(N2CCCCC2C)C1. The third-order valence-electron chi connectivity index (χ3n) is 3.87. The molecule has 82 valence electrons. The Kier molecular flexibility index (Phi) is 3.45. The molecule has 2 nitrogen and oxygen atoms in total. The molecule has 3 atom stereocenters. The van der Waals surface area contributed by atoms with Crippen LogP contribution in [0, 0.1) is 5.92 Å². The van der Waals surface area contributed by atoms with Crippen LogP contribution in [-0.4, -0.2) is 36.6 Å². The lowest BCUT2D eigenvalue weighted by Gasteiger charge is -2.43. The number of hydrogen-bond acceptors (Lipinski definition) is 2. The van der Waals surface area contributed by atoms with Gasteiger partial charge in [0.05, 0.1) is 0 Å². The zero-order chi connectivity index (χ0) is 9.97. The molecule has 0 saturated carbocycles. The van der Waals surface area contributed by atoms with Crippen molar-refractivity contribution in [3.8, 4) is 0 Å². The van der Waals surface area contributed by atoms with Gasteiger partial charge in [-0.1, -0.05) is 13.3 Å². The topological polar surface area (TPSA) is 15.3 Å². The summed E-state index contributed by atoms with van der Waals surface area (Å²) in [5, 5.41) is 3.56. The van der Waals surface area contributed by atoms with Gasteiger partial charge in [0, 0.05) is 18.6 Å². The van der Waals surface area contributed by atoms with Crippen LogP contribution in [0.5, 0.6) is 0 Å². The first-order valence-corrected chi connectivity index (χ1v) is 6.24. The molecule has 2 fully saturated rings. The monoisotopic (exact) mass is 196 g/mol. The molecule has 2 aliphatic rings. The Hall–Kier alpha value is -0.0800. The van der Waals surface area contributed by atoms with Crippen LogP contribution < -0.4 is 5.32 Å². The van der Waals surface area contributed by atoms with Crippen LogP contribution in [0.1, 0.15) is 39.5 Å². The van der Waals surface area contributed by atoms with E-state index in [0.717, 1.165) is 18.0 Å². The molecule has 2 heteroatoms. The zero-order valence-electron chi connectivity index (χ0n) is 9.63. The quantitative estimate of drug-likeness (QED) is 0.688. The Morgan fingerprint density at radius 1 is 1.14 bits per heavy atom. The summed E-state index contributed by atoms with van der Waals surface area (Å²) in [6.45, 7) is 8.54. The molecule has 2 heterocycles. The van der Waals surface area contributed by atoms with Crippen LogP contribution in [-0.2, 0) is 0 Å². The zero-order valence-corrected chi connectivity index (χ0v) is 9.63. The predicted octanol–water partition coefficient (Wildman–Crippen LogP) is 1.86. The molecular formula is C12H24N2. The maximum atomic E-state index is 3.56. The Morgan fingerprint density at radius 3 is 2.71 bits per heavy atom. The fourth-order valence-electron chi connectivity index (χ4n) is 3.04. The van der Waals surface area contributed by atoms with Gasteiger partial charge in [-0.25, -0.2) is 0 Å². The van der Waals surface area contributed by atoms with E-state index in [-0.39, 0.29) is 0 Å². The Morgan fingerprint density at radius 2 is 2.00 bits per heavy atom. The van der Waals surface area contributed by atoms with Crippen molar-refractivity contribution in [2.75, 3.05) is 19.6 Å². The van der Waals surface area contributed by atoms with Crippen molar-refractivity contribution in [1.29, 1.82) is 0 Å². The normalized spacial score (nSPS) is 41.1. The smallest absolute Gasteiger partial charge is 0.0226 e. The second kappa shape index (κ2) is 4.63. The van der Waals surface area contributed by atoms with E-state index < -0.39 is 0 Å². The third-order valence-corrected chi connectivity index (χ3v) is 3.87. The summed E-state index contributed by atoms with van der Waals surface area (Å²) >= 11 is 0. The summed E-state index contributed by atoms with van der Waals surface area (Å²) in [7, 11) is 0. The van der Waals surface area contributed by atoms with Gasteiger partial charge in [0.2, 0.25) is 0 Å². The van der Waals surface area contributed by atoms with Crippen LogP contribution in [0.2, 0.25) is 0 Å². The lowest BCUT2D eigenvalue weighted by atomic mass is 9.93. The van der Waals surface area contributed by atoms with E-state index in [1.54, 1.807) is 0 Å². The second-order valence-electron chi connectivity index (χ2n) is 5.24. The van der Waals surface area contributed by atoms with E-state index in [1.807, 2.05) is 0 Å². The Bertz CT molecular complexity index is 181. The molecule has 0 aromatic carbocycles. The van der Waals surface area contributed by atoms with Crippen LogP contribution in [0.4, 0.5) is 0 Å². The molecule has 0 bridgehead atoms. The molecule has 0 radical (unpaired) electrons. The lowest BCUT2D eigenvalue weighted by Crippen LogP contribution is -2.53. The number of nitrogens with one attached hydrogen (secondary N) is 1. The molecule has 14 heavy (non-hydrogen) atoms. The van der Waals surface area contributed by atoms with Crippen molar-refractivity contribution in [2.24, 2.45) is 5.92 Å². The van der Waals surface area contributed by atoms with Crippen molar-refractivity contribution >= 4 is 0 Å². The van der Waals surface area contributed by atoms with Crippen LogP contribution in [0.3, 0.4) is 0 Å². The minimum absolute atomic E-state index is 0.814. The first-order chi connectivity index (χ1) is 6.77. The first kappa shape index (κ1) is 10.4. The van der Waals surface area contributed by atoms with Crippen molar-refractivity contribution in [2.45, 2.75) is 51.6 Å². The van der Waals surface area contributed by atoms with Crippen molar-refractivity contribution < 1.29 is 0 Å². The minimum atomic E-state index is 0.814. The number of rotatable bonds is 1. The Labute approximate surface area is 88.1 Å². The van der Waals surface area contributed by atoms with E-state index in [0.29, 0.717) is 0 Å². The molecule has 2 saturated heterocycles. The van der Waals surface area contributed by atoms with Gasteiger partial charge in [0.15, 0.2) is 0 Å². The fourth-order valence-corrected chi connectivity index (χ4v) is 3.04. The number of nitrogens with zero attached hydrogens (tertiary/aromatic N) is 1. The molecule has 2 aliphatic heterocycles. The van der Waals surface area contributed by atoms with Crippen LogP contribution >= 0.6 is 0 Å². The average Bonchev–Trinajstić information content (AvgIpc) is 2.18. The molecule has 1 N–H and O–H groups in total. The summed E-state index contributed by atoms with van der Waals surface area (Å²) in [4.78, 5) is 2.74. The maximum absolute atomic E-state index is 3.56. The second-order valence-corrected chi connectivity index (χ2v) is 5.24. The summed E-state index contributed by atoms with van der Waals surface area (Å²) in [5.74, 6) is 0.864. The average molecular weight is 196 g/mol. The third kappa shape index (κ3) is 2.29. The van der Waals surface area contributed by atoms with Gasteiger partial charge in [0.1, 0.15) is 0 Å². The fraction of sp³-hybridized carbons (Fsp3) is 1.00. The maximum Gasteiger partial charge on any atom is 0.0226 e. The lowest BCUT2D eigenvalue weighted by molar-refractivity contribution is 0.0772. The van der Waals surface area contributed by atoms with Gasteiger partial charge in [-0.15, -0.1) is 0 Å². The number of likely N-dealkylation sites (tertiary alicyclic amines) is 1. The highest BCUT2D eigenvalue weighted by Crippen LogP contribution is 2.23. The highest BCUT2D eigenvalue weighted by molar-refractivity contribution is 4.86. The molecule has 0 aromatic rings. The van der Waals surface area contributed by atoms with Gasteiger partial charge in [-0.05, 0) is 45.2 Å². The Balaban J connectivity index is 1.91. The van der Waals surface area contributed by atoms with E-state index in [2.05, 4.69) is 24.1 Å². The molecule has 0 aromatic heterocycles. The van der Waals surface area contributed by atoms with E-state index in [9.17, 15) is 0 Å². The van der Waals surface area contributed by atoms with Crippen molar-refractivity contribution in [3.63, 3.8) is 0 Å². The van der Waals surface area contributed by atoms with Crippen molar-refractivity contribution in [1.82, 2.24) is 10.2 Å². The molecule has 3 unspecified atom stereocenters. The van der Waals surface area contributed by atoms with Gasteiger partial charge in [0.25, 0.3) is 0 Å². The molecule has 0 spiro atoms. The number of hydrogen-bond donors (Lipinski definition) is 1. The summed E-state index contributed by atoms with van der Waals surface area (Å²) in [6.07, 6.45) is 5.66. The van der Waals surface area contributed by atoms with E-state index in [1.165, 1.54) is 45.3 Å². The van der Waals surface area contributed by atoms with Gasteiger partial charge >= 0.3 is 0 Å². The standard InChI is InChI=1S/C12H24N2/c1-10-7-12(9-13-8-10)14-6-4-3-5-11(14)2/h10-13H,3-9H2,1-2H3. The van der Waals surface area contributed by atoms with Gasteiger partial charge in [-0.3, -0.25) is 4.90 Å². The minimum Gasteiger partial charge on any atom is -0.315 e. The van der Waals surface area contributed by atoms with Crippen LogP contribution in [0.25, 0.3) is 0 Å². The highest BCUT2D eigenvalue weighted by Gasteiger charge is 2.28. The van der Waals surface area contributed by atoms with Gasteiger partial charge < -0.3 is 5.32 Å². The molecule has 2 rings (SSSR count). The molecular weight excluding hydrogens is 172 g/mol. The summed E-state index contributed by atoms with van der Waals surface area (Å²) in [6, 6.07) is 1.63. The van der Waals surface area contributed by atoms with Gasteiger partial charge in [-0.2, -0.15) is 0 Å². The molecule has 0 aliphatic carbocycles. The largest absolute Gasteiger partial charge is 0.315 e. The van der Waals surface area contributed by atoms with Crippen molar-refractivity contribution in [3.05, 3.63) is 0 Å². The van der Waals surface area contributed by atoms with Crippen LogP contribution in [0.15, 0.2) is 0 Å². The van der Waals surface area contributed by atoms with E-state index in [4.69, 9.17) is 0 Å². The summed E-state index contributed by atoms with van der Waals surface area (Å²) < 4.78 is 0.